The molecule has 5 heteroatoms. The number of halogens is 1. The molecule has 0 N–H and O–H groups in total. The van der Waals surface area contributed by atoms with Crippen LogP contribution in [-0.4, -0.2) is 34.9 Å². The molecule has 0 atom stereocenters. The summed E-state index contributed by atoms with van der Waals surface area (Å²) in [7, 11) is 0. The molecule has 4 nitrogen and oxygen atoms in total. The van der Waals surface area contributed by atoms with Crippen LogP contribution in [0.5, 0.6) is 0 Å². The van der Waals surface area contributed by atoms with Crippen LogP contribution >= 0.6 is 11.6 Å². The van der Waals surface area contributed by atoms with Crippen LogP contribution in [0.3, 0.4) is 0 Å². The van der Waals surface area contributed by atoms with E-state index in [0.717, 1.165) is 51.1 Å². The monoisotopic (exact) mass is 383 g/mol. The Morgan fingerprint density at radius 3 is 2.41 bits per heavy atom. The molecule has 1 aliphatic carbocycles. The molecule has 142 valence electrons. The zero-order valence-electron chi connectivity index (χ0n) is 15.8. The lowest BCUT2D eigenvalue weighted by atomic mass is 9.94. The molecular formula is C22H26ClN3O. The van der Waals surface area contributed by atoms with E-state index in [2.05, 4.69) is 46.0 Å². The number of amides is 1. The van der Waals surface area contributed by atoms with E-state index in [9.17, 15) is 4.79 Å². The molecular weight excluding hydrogens is 358 g/mol. The van der Waals surface area contributed by atoms with E-state index in [0.29, 0.717) is 17.0 Å². The maximum absolute atomic E-state index is 13.2. The van der Waals surface area contributed by atoms with Crippen LogP contribution < -0.4 is 4.90 Å². The highest BCUT2D eigenvalue weighted by molar-refractivity contribution is 6.30. The highest BCUT2D eigenvalue weighted by atomic mass is 35.5. The van der Waals surface area contributed by atoms with E-state index < -0.39 is 0 Å². The number of carbonyl (C=O) groups excluding carboxylic acids is 1. The average Bonchev–Trinajstić information content (AvgIpc) is 3.53. The molecule has 2 aliphatic rings. The van der Waals surface area contributed by atoms with Crippen molar-refractivity contribution in [2.24, 2.45) is 5.92 Å². The van der Waals surface area contributed by atoms with Crippen molar-refractivity contribution in [3.05, 3.63) is 58.7 Å². The normalized spacial score (nSPS) is 17.8. The van der Waals surface area contributed by atoms with Crippen LogP contribution in [0.2, 0.25) is 5.02 Å². The third-order valence-corrected chi connectivity index (χ3v) is 5.85. The number of aromatic nitrogens is 1. The summed E-state index contributed by atoms with van der Waals surface area (Å²) in [5.74, 6) is 1.41. The number of anilines is 1. The van der Waals surface area contributed by atoms with Gasteiger partial charge in [-0.05, 0) is 50.3 Å². The summed E-state index contributed by atoms with van der Waals surface area (Å²) >= 11 is 5.93. The molecule has 27 heavy (non-hydrogen) atoms. The number of hydrogen-bond donors (Lipinski definition) is 0. The predicted molar refractivity (Wildman–Crippen MR) is 109 cm³/mol. The zero-order chi connectivity index (χ0) is 18.8. The number of hydrogen-bond acceptors (Lipinski definition) is 3. The van der Waals surface area contributed by atoms with Gasteiger partial charge in [0.1, 0.15) is 5.82 Å². The SMILES string of the molecule is Cc1ccc(CN(C(=O)C2CCN(c3ccc(Cl)cn3)CC2)C2CC2)cc1. The number of piperidine rings is 1. The first kappa shape index (κ1) is 18.3. The fourth-order valence-corrected chi connectivity index (χ4v) is 3.92. The van der Waals surface area contributed by atoms with Crippen molar-refractivity contribution < 1.29 is 4.79 Å². The highest BCUT2D eigenvalue weighted by Gasteiger charge is 2.37. The zero-order valence-corrected chi connectivity index (χ0v) is 16.5. The van der Waals surface area contributed by atoms with Crippen molar-refractivity contribution in [2.45, 2.75) is 45.2 Å². The van der Waals surface area contributed by atoms with E-state index in [-0.39, 0.29) is 5.92 Å². The second kappa shape index (κ2) is 7.89. The lowest BCUT2D eigenvalue weighted by molar-refractivity contribution is -0.137. The Bertz CT molecular complexity index is 778. The number of carbonyl (C=O) groups is 1. The van der Waals surface area contributed by atoms with Gasteiger partial charge in [-0.2, -0.15) is 0 Å². The molecule has 0 spiro atoms. The molecule has 0 radical (unpaired) electrons. The Morgan fingerprint density at radius 1 is 1.11 bits per heavy atom. The Labute approximate surface area is 166 Å². The summed E-state index contributed by atoms with van der Waals surface area (Å²) in [6.07, 6.45) is 5.75. The minimum atomic E-state index is 0.125. The molecule has 2 aromatic rings. The lowest BCUT2D eigenvalue weighted by Crippen LogP contribution is -2.43. The van der Waals surface area contributed by atoms with Crippen molar-refractivity contribution in [2.75, 3.05) is 18.0 Å². The third-order valence-electron chi connectivity index (χ3n) is 5.62. The summed E-state index contributed by atoms with van der Waals surface area (Å²) in [6, 6.07) is 12.8. The minimum absolute atomic E-state index is 0.125. The van der Waals surface area contributed by atoms with E-state index in [4.69, 9.17) is 11.6 Å². The minimum Gasteiger partial charge on any atom is -0.357 e. The van der Waals surface area contributed by atoms with E-state index in [1.54, 1.807) is 6.20 Å². The van der Waals surface area contributed by atoms with Gasteiger partial charge < -0.3 is 9.80 Å². The maximum Gasteiger partial charge on any atom is 0.226 e. The Balaban J connectivity index is 1.38. The van der Waals surface area contributed by atoms with Crippen molar-refractivity contribution in [1.29, 1.82) is 0 Å². The first-order chi connectivity index (χ1) is 13.1. The predicted octanol–water partition coefficient (Wildman–Crippen LogP) is 4.45. The smallest absolute Gasteiger partial charge is 0.226 e. The van der Waals surface area contributed by atoms with Gasteiger partial charge >= 0.3 is 0 Å². The van der Waals surface area contributed by atoms with Crippen LogP contribution in [0.25, 0.3) is 0 Å². The number of aryl methyl sites for hydroxylation is 1. The molecule has 1 aromatic heterocycles. The van der Waals surface area contributed by atoms with Crippen LogP contribution in [0.15, 0.2) is 42.6 Å². The van der Waals surface area contributed by atoms with Gasteiger partial charge in [-0.3, -0.25) is 4.79 Å². The molecule has 0 unspecified atom stereocenters. The Morgan fingerprint density at radius 2 is 1.81 bits per heavy atom. The summed E-state index contributed by atoms with van der Waals surface area (Å²) in [6.45, 7) is 4.57. The van der Waals surface area contributed by atoms with Gasteiger partial charge in [0.15, 0.2) is 0 Å². The van der Waals surface area contributed by atoms with Gasteiger partial charge in [0.05, 0.1) is 5.02 Å². The van der Waals surface area contributed by atoms with Gasteiger partial charge in [-0.1, -0.05) is 41.4 Å². The number of nitrogens with zero attached hydrogens (tertiary/aromatic N) is 3. The molecule has 1 amide bonds. The Kier molecular flexibility index (Phi) is 5.35. The fourth-order valence-electron chi connectivity index (χ4n) is 3.81. The van der Waals surface area contributed by atoms with E-state index >= 15 is 0 Å². The molecule has 2 heterocycles. The second-order valence-electron chi connectivity index (χ2n) is 7.78. The molecule has 1 aliphatic heterocycles. The lowest BCUT2D eigenvalue weighted by Gasteiger charge is -2.35. The standard InChI is InChI=1S/C22H26ClN3O/c1-16-2-4-17(5-3-16)15-26(20-7-8-20)22(27)18-10-12-25(13-11-18)21-9-6-19(23)14-24-21/h2-6,9,14,18,20H,7-8,10-13,15H2,1H3. The van der Waals surface area contributed by atoms with Crippen molar-refractivity contribution >= 4 is 23.3 Å². The molecule has 1 aromatic carbocycles. The van der Waals surface area contributed by atoms with Gasteiger partial charge in [0.2, 0.25) is 5.91 Å². The topological polar surface area (TPSA) is 36.4 Å². The fraction of sp³-hybridized carbons (Fsp3) is 0.455. The molecule has 1 saturated heterocycles. The molecule has 1 saturated carbocycles. The van der Waals surface area contributed by atoms with E-state index in [1.807, 2.05) is 12.1 Å². The number of benzene rings is 1. The van der Waals surface area contributed by atoms with Gasteiger partial charge in [0, 0.05) is 37.8 Å². The second-order valence-corrected chi connectivity index (χ2v) is 8.22. The van der Waals surface area contributed by atoms with Crippen LogP contribution in [-0.2, 0) is 11.3 Å². The summed E-state index contributed by atoms with van der Waals surface area (Å²) in [5.41, 5.74) is 2.48. The van der Waals surface area contributed by atoms with Crippen LogP contribution in [0.1, 0.15) is 36.8 Å². The average molecular weight is 384 g/mol. The van der Waals surface area contributed by atoms with Crippen molar-refractivity contribution in [1.82, 2.24) is 9.88 Å². The first-order valence-corrected chi connectivity index (χ1v) is 10.2. The molecule has 4 rings (SSSR count). The Hall–Kier alpha value is -2.07. The maximum atomic E-state index is 13.2. The van der Waals surface area contributed by atoms with Gasteiger partial charge in [-0.15, -0.1) is 0 Å². The third kappa shape index (κ3) is 4.44. The van der Waals surface area contributed by atoms with E-state index in [1.165, 1.54) is 11.1 Å². The number of rotatable bonds is 5. The van der Waals surface area contributed by atoms with Gasteiger partial charge in [-0.25, -0.2) is 4.98 Å². The quantitative estimate of drug-likeness (QED) is 0.765. The highest BCUT2D eigenvalue weighted by Crippen LogP contribution is 2.32. The molecule has 2 fully saturated rings. The summed E-state index contributed by atoms with van der Waals surface area (Å²) < 4.78 is 0. The van der Waals surface area contributed by atoms with Crippen molar-refractivity contribution in [3.8, 4) is 0 Å². The van der Waals surface area contributed by atoms with Gasteiger partial charge in [0.25, 0.3) is 0 Å². The van der Waals surface area contributed by atoms with Crippen molar-refractivity contribution in [3.63, 3.8) is 0 Å². The summed E-state index contributed by atoms with van der Waals surface area (Å²) in [4.78, 5) is 22.0. The largest absolute Gasteiger partial charge is 0.357 e. The van der Waals surface area contributed by atoms with Crippen LogP contribution in [0, 0.1) is 12.8 Å². The number of pyridine rings is 1. The first-order valence-electron chi connectivity index (χ1n) is 9.82. The summed E-state index contributed by atoms with van der Waals surface area (Å²) in [5, 5.41) is 0.653. The van der Waals surface area contributed by atoms with Crippen LogP contribution in [0.4, 0.5) is 5.82 Å². The molecule has 0 bridgehead atoms.